The van der Waals surface area contributed by atoms with E-state index in [9.17, 15) is 0 Å². The topological polar surface area (TPSA) is 434 Å². The van der Waals surface area contributed by atoms with Gasteiger partial charge in [0.05, 0.1) is 15.6 Å². The summed E-state index contributed by atoms with van der Waals surface area (Å²) in [5.41, 5.74) is 0. The fourth-order valence-corrected chi connectivity index (χ4v) is 0. The predicted molar refractivity (Wildman–Crippen MR) is 62.7 cm³/mol. The fourth-order valence-electron chi connectivity index (χ4n) is 0. The molecule has 18 nitrogen and oxygen atoms in total. The molecule has 21 heteroatoms. The maximum atomic E-state index is 8.66. The average Bonchev–Trinajstić information content (AvgIpc) is 1.34. The Kier molecular flexibility index (Phi) is 21.3. The monoisotopic (exact) mass is 496 g/mol. The van der Waals surface area contributed by atoms with Crippen molar-refractivity contribution in [3.05, 3.63) is 0 Å². The minimum absolute atomic E-state index is 0. The molecular weight excluding hydrogens is 470 g/mol. The molecule has 0 amide bonds. The number of hydrogen-bond acceptors (Lipinski definition) is 12. The third-order valence-corrected chi connectivity index (χ3v) is 0. The second-order valence-corrected chi connectivity index (χ2v) is 11.0. The zero-order chi connectivity index (χ0) is 15.4. The Balaban J connectivity index is -0.0000000260. The van der Waals surface area contributed by atoms with Crippen LogP contribution in [0.25, 0.3) is 0 Å². The Morgan fingerprint density at radius 2 is 0.571 bits per heavy atom. The van der Waals surface area contributed by atoms with Crippen molar-refractivity contribution in [2.24, 2.45) is 0 Å². The standard InChI is InChI=1S/4H3N.H6O6Te.2H3O4P/c;;;;1-7(2,3,4,5)6;2*1-5(2,3)4/h4*1H3;1-6H;2*(H3,1,2,3,4). The molecule has 0 heterocycles. The Labute approximate surface area is 118 Å². The molecule has 0 aromatic rings. The van der Waals surface area contributed by atoms with Crippen LogP contribution in [-0.2, 0) is 9.13 Å². The summed E-state index contributed by atoms with van der Waals surface area (Å²) in [5.74, 6) is 0. The maximum absolute atomic E-state index is 8.66. The van der Waals surface area contributed by atoms with Gasteiger partial charge in [-0.1, -0.05) is 0 Å². The van der Waals surface area contributed by atoms with E-state index in [1.165, 1.54) is 0 Å². The maximum Gasteiger partial charge on any atom is -0.369 e. The van der Waals surface area contributed by atoms with Crippen molar-refractivity contribution in [1.82, 2.24) is 24.6 Å². The fraction of sp³-hybridized carbons (Fsp3) is 0. The number of quaternary nitrogens is 4. The van der Waals surface area contributed by atoms with Gasteiger partial charge in [-0.15, -0.1) is 0 Å². The Morgan fingerprint density at radius 3 is 0.571 bits per heavy atom. The first-order chi connectivity index (χ1) is 6.45. The molecule has 0 aromatic heterocycles. The average molecular weight is 494 g/mol. The second kappa shape index (κ2) is 10.4. The molecule has 0 saturated carbocycles. The Bertz CT molecular complexity index is 269. The van der Waals surface area contributed by atoms with Crippen molar-refractivity contribution < 1.29 is 59.3 Å². The van der Waals surface area contributed by atoms with Crippen molar-refractivity contribution in [1.29, 1.82) is 0 Å². The summed E-state index contributed by atoms with van der Waals surface area (Å²) < 4.78 is 61.8. The van der Waals surface area contributed by atoms with Crippen LogP contribution in [0.4, 0.5) is 0 Å². The van der Waals surface area contributed by atoms with Gasteiger partial charge in [-0.05, 0) is 0 Å². The minimum Gasteiger partial charge on any atom is -0.369 e. The Hall–Kier alpha value is 0.610. The smallest absolute Gasteiger partial charge is 0.369 e. The molecule has 21 heavy (non-hydrogen) atoms. The first kappa shape index (κ1) is 43.0. The first-order valence-electron chi connectivity index (χ1n) is 2.59. The van der Waals surface area contributed by atoms with E-state index < -0.39 is 33.5 Å². The summed E-state index contributed by atoms with van der Waals surface area (Å²) in [5, 5.41) is 0. The van der Waals surface area contributed by atoms with Crippen molar-refractivity contribution in [3.63, 3.8) is 0 Å². The largest absolute Gasteiger partial charge is 0.369 e. The quantitative estimate of drug-likeness (QED) is 0.110. The van der Waals surface area contributed by atoms with Gasteiger partial charge in [-0.2, -0.15) is 0 Å². The van der Waals surface area contributed by atoms with Gasteiger partial charge < -0.3 is 63.1 Å². The zero-order valence-corrected chi connectivity index (χ0v) is 15.4. The second-order valence-electron chi connectivity index (χ2n) is 2.16. The van der Waals surface area contributed by atoms with E-state index in [4.69, 9.17) is 59.3 Å². The van der Waals surface area contributed by atoms with Gasteiger partial charge in [0.1, 0.15) is 0 Å². The molecular formula is H24N4O14P2Te. The SMILES string of the molecule is O=P([O-])([O-])O.O=P([O-])([O-])O.O[Te](O)(O)(O)(O)O.[NH4+].[NH4+].[NH4+].[NH4+]. The number of rotatable bonds is 0. The molecule has 0 atom stereocenters. The Morgan fingerprint density at radius 1 is 0.571 bits per heavy atom. The summed E-state index contributed by atoms with van der Waals surface area (Å²) in [6.45, 7) is 0. The van der Waals surface area contributed by atoms with Crippen LogP contribution in [0.1, 0.15) is 0 Å². The van der Waals surface area contributed by atoms with Crippen LogP contribution in [-0.4, -0.2) is 48.5 Å². The molecule has 144 valence electrons. The van der Waals surface area contributed by atoms with Crippen molar-refractivity contribution >= 4 is 33.5 Å². The van der Waals surface area contributed by atoms with Crippen LogP contribution in [0.2, 0.25) is 0 Å². The number of phosphoric acid groups is 2. The summed E-state index contributed by atoms with van der Waals surface area (Å²) >= 11 is -8.18. The molecule has 0 spiro atoms. The van der Waals surface area contributed by atoms with Gasteiger partial charge in [0.25, 0.3) is 0 Å². The van der Waals surface area contributed by atoms with Crippen molar-refractivity contribution in [2.75, 3.05) is 0 Å². The van der Waals surface area contributed by atoms with E-state index in [1.54, 1.807) is 0 Å². The predicted octanol–water partition coefficient (Wildman–Crippen LogP) is -6.60. The molecule has 0 radical (unpaired) electrons. The molecule has 0 saturated heterocycles. The van der Waals surface area contributed by atoms with E-state index in [-0.39, 0.29) is 24.6 Å². The van der Waals surface area contributed by atoms with Gasteiger partial charge in [0.15, 0.2) is 0 Å². The molecule has 0 fully saturated rings. The minimum atomic E-state index is -8.18. The van der Waals surface area contributed by atoms with Crippen LogP contribution < -0.4 is 44.2 Å². The van der Waals surface area contributed by atoms with Crippen LogP contribution in [0, 0.1) is 0 Å². The third kappa shape index (κ3) is 19200. The van der Waals surface area contributed by atoms with Crippen molar-refractivity contribution in [3.8, 4) is 0 Å². The molecule has 0 unspecified atom stereocenters. The van der Waals surface area contributed by atoms with E-state index in [0.29, 0.717) is 0 Å². The number of hydrogen-bond donors (Lipinski definition) is 12. The first-order valence-corrected chi connectivity index (χ1v) is 11.8. The molecule has 0 aliphatic heterocycles. The molecule has 0 rings (SSSR count). The van der Waals surface area contributed by atoms with Gasteiger partial charge in [0, 0.05) is 0 Å². The third-order valence-electron chi connectivity index (χ3n) is 0. The molecule has 0 aliphatic carbocycles. The van der Waals surface area contributed by atoms with E-state index >= 15 is 0 Å². The summed E-state index contributed by atoms with van der Waals surface area (Å²) in [4.78, 5) is 48.6. The molecule has 24 N–H and O–H groups in total. The zero-order valence-electron chi connectivity index (χ0n) is 11.3. The summed E-state index contributed by atoms with van der Waals surface area (Å²) in [6.07, 6.45) is 0. The van der Waals surface area contributed by atoms with Crippen molar-refractivity contribution in [2.45, 2.75) is 0 Å². The molecule has 0 aromatic carbocycles. The van der Waals surface area contributed by atoms with E-state index in [1.807, 2.05) is 0 Å². The van der Waals surface area contributed by atoms with Crippen LogP contribution in [0.15, 0.2) is 0 Å². The van der Waals surface area contributed by atoms with Gasteiger partial charge in [0.2, 0.25) is 0 Å². The van der Waals surface area contributed by atoms with E-state index in [0.717, 1.165) is 0 Å². The van der Waals surface area contributed by atoms with Crippen LogP contribution >= 0.6 is 15.6 Å². The summed E-state index contributed by atoms with van der Waals surface area (Å²) in [7, 11) is -10.3. The van der Waals surface area contributed by atoms with Gasteiger partial charge >= 0.3 is 38.7 Å². The molecule has 0 aliphatic rings. The summed E-state index contributed by atoms with van der Waals surface area (Å²) in [6, 6.07) is 0. The van der Waals surface area contributed by atoms with Gasteiger partial charge in [-0.25, -0.2) is 0 Å². The van der Waals surface area contributed by atoms with E-state index in [2.05, 4.69) is 0 Å². The van der Waals surface area contributed by atoms with Crippen LogP contribution in [0.3, 0.4) is 0 Å². The van der Waals surface area contributed by atoms with Crippen LogP contribution in [0.5, 0.6) is 0 Å². The normalized spacial score (nSPS) is 13.3. The molecule has 0 bridgehead atoms. The van der Waals surface area contributed by atoms with Gasteiger partial charge in [-0.3, -0.25) is 0 Å².